The molecule has 3 rings (SSSR count). The average molecular weight is 385 g/mol. The number of Topliss-reactive ketones (excluding diaryl/α,β-unsaturated/α-hetero) is 1. The van der Waals surface area contributed by atoms with Gasteiger partial charge in [-0.15, -0.1) is 0 Å². The lowest BCUT2D eigenvalue weighted by molar-refractivity contribution is -0.123. The van der Waals surface area contributed by atoms with Gasteiger partial charge >= 0.3 is 0 Å². The van der Waals surface area contributed by atoms with Crippen molar-refractivity contribution in [3.8, 4) is 0 Å². The summed E-state index contributed by atoms with van der Waals surface area (Å²) in [5.74, 6) is -1.44. The van der Waals surface area contributed by atoms with Gasteiger partial charge in [0.2, 0.25) is 0 Å². The van der Waals surface area contributed by atoms with Gasteiger partial charge in [-0.2, -0.15) is 0 Å². The molecule has 1 aliphatic rings. The van der Waals surface area contributed by atoms with Crippen LogP contribution in [0.1, 0.15) is 37.9 Å². The fourth-order valence-corrected chi connectivity index (χ4v) is 3.27. The second kappa shape index (κ2) is 6.82. The molecule has 1 aromatic heterocycles. The van der Waals surface area contributed by atoms with Gasteiger partial charge < -0.3 is 5.11 Å². The number of amides is 1. The molecule has 2 aromatic rings. The Bertz CT molecular complexity index is 946. The summed E-state index contributed by atoms with van der Waals surface area (Å²) in [5, 5.41) is 11.1. The third-order valence-corrected chi connectivity index (χ3v) is 4.97. The first kappa shape index (κ1) is 19.1. The summed E-state index contributed by atoms with van der Waals surface area (Å²) in [7, 11) is 0. The van der Waals surface area contributed by atoms with Crippen LogP contribution in [0.5, 0.6) is 0 Å². The normalized spacial score (nSPS) is 17.6. The number of aromatic nitrogens is 1. The number of carbonyl (C=O) groups excluding carboxylic acids is 2. The Morgan fingerprint density at radius 2 is 1.96 bits per heavy atom. The first-order chi connectivity index (χ1) is 12.6. The summed E-state index contributed by atoms with van der Waals surface area (Å²) in [5.41, 5.74) is 1.34. The quantitative estimate of drug-likeness (QED) is 0.842. The van der Waals surface area contributed by atoms with E-state index in [9.17, 15) is 14.7 Å². The maximum Gasteiger partial charge on any atom is 0.294 e. The van der Waals surface area contributed by atoms with Crippen LogP contribution in [0.25, 0.3) is 0 Å². The number of aliphatic hydroxyl groups is 1. The van der Waals surface area contributed by atoms with Crippen molar-refractivity contribution in [2.75, 3.05) is 4.90 Å². The van der Waals surface area contributed by atoms with Crippen LogP contribution in [0.2, 0.25) is 5.02 Å². The molecule has 0 saturated carbocycles. The lowest BCUT2D eigenvalue weighted by Crippen LogP contribution is -2.32. The molecule has 1 aliphatic heterocycles. The maximum absolute atomic E-state index is 13.1. The van der Waals surface area contributed by atoms with Gasteiger partial charge in [0.15, 0.2) is 11.5 Å². The SMILES string of the molecule is Cc1ccc(N2C(=O)C(O)=C(C(=O)C(C)(C)C)C2c2cccnc2)cc1Cl. The van der Waals surface area contributed by atoms with E-state index in [0.29, 0.717) is 16.3 Å². The third-order valence-electron chi connectivity index (χ3n) is 4.57. The lowest BCUT2D eigenvalue weighted by atomic mass is 9.82. The number of anilines is 1. The predicted molar refractivity (Wildman–Crippen MR) is 105 cm³/mol. The van der Waals surface area contributed by atoms with E-state index < -0.39 is 23.1 Å². The molecule has 1 atom stereocenters. The van der Waals surface area contributed by atoms with E-state index in [0.717, 1.165) is 5.56 Å². The number of ketones is 1. The summed E-state index contributed by atoms with van der Waals surface area (Å²) in [6.45, 7) is 7.13. The zero-order valence-electron chi connectivity index (χ0n) is 15.7. The molecule has 0 aliphatic carbocycles. The minimum absolute atomic E-state index is 0.0807. The molecule has 0 radical (unpaired) electrons. The van der Waals surface area contributed by atoms with Gasteiger partial charge in [-0.05, 0) is 36.2 Å². The molecule has 0 spiro atoms. The highest BCUT2D eigenvalue weighted by atomic mass is 35.5. The monoisotopic (exact) mass is 384 g/mol. The fourth-order valence-electron chi connectivity index (χ4n) is 3.09. The topological polar surface area (TPSA) is 70.5 Å². The third kappa shape index (κ3) is 3.35. The van der Waals surface area contributed by atoms with Gasteiger partial charge in [-0.25, -0.2) is 0 Å². The van der Waals surface area contributed by atoms with Crippen LogP contribution in [0.4, 0.5) is 5.69 Å². The maximum atomic E-state index is 13.1. The van der Waals surface area contributed by atoms with Gasteiger partial charge in [0.25, 0.3) is 5.91 Å². The first-order valence-corrected chi connectivity index (χ1v) is 8.98. The number of carbonyl (C=O) groups is 2. The van der Waals surface area contributed by atoms with Crippen LogP contribution in [0.15, 0.2) is 54.1 Å². The number of benzene rings is 1. The van der Waals surface area contributed by atoms with E-state index in [2.05, 4.69) is 4.98 Å². The van der Waals surface area contributed by atoms with Crippen molar-refractivity contribution in [2.45, 2.75) is 33.7 Å². The average Bonchev–Trinajstić information content (AvgIpc) is 2.88. The van der Waals surface area contributed by atoms with Crippen molar-refractivity contribution >= 4 is 29.0 Å². The van der Waals surface area contributed by atoms with Gasteiger partial charge in [0, 0.05) is 28.5 Å². The van der Waals surface area contributed by atoms with E-state index in [1.807, 2.05) is 6.92 Å². The Morgan fingerprint density at radius 3 is 2.52 bits per heavy atom. The Hall–Kier alpha value is -2.66. The molecule has 0 bridgehead atoms. The lowest BCUT2D eigenvalue weighted by Gasteiger charge is -2.29. The Morgan fingerprint density at radius 1 is 1.26 bits per heavy atom. The van der Waals surface area contributed by atoms with Gasteiger partial charge in [-0.1, -0.05) is 44.5 Å². The number of hydrogen-bond acceptors (Lipinski definition) is 4. The summed E-state index contributed by atoms with van der Waals surface area (Å²) in [6.07, 6.45) is 3.21. The highest BCUT2D eigenvalue weighted by Gasteiger charge is 2.46. The minimum atomic E-state index is -0.767. The zero-order chi connectivity index (χ0) is 19.9. The molecule has 5 nitrogen and oxygen atoms in total. The van der Waals surface area contributed by atoms with Crippen molar-refractivity contribution in [2.24, 2.45) is 5.41 Å². The molecule has 1 amide bonds. The molecular formula is C21H21ClN2O3. The van der Waals surface area contributed by atoms with Crippen LogP contribution in [-0.2, 0) is 9.59 Å². The van der Waals surface area contributed by atoms with Crippen LogP contribution in [-0.4, -0.2) is 21.8 Å². The van der Waals surface area contributed by atoms with Gasteiger partial charge in [0.1, 0.15) is 0 Å². The largest absolute Gasteiger partial charge is 0.503 e. The molecule has 0 saturated heterocycles. The second-order valence-corrected chi connectivity index (χ2v) is 8.05. The number of hydrogen-bond donors (Lipinski definition) is 1. The van der Waals surface area contributed by atoms with E-state index in [1.165, 1.54) is 4.90 Å². The molecule has 1 unspecified atom stereocenters. The molecule has 27 heavy (non-hydrogen) atoms. The number of halogens is 1. The molecule has 1 aromatic carbocycles. The van der Waals surface area contributed by atoms with Crippen LogP contribution in [0, 0.1) is 12.3 Å². The van der Waals surface area contributed by atoms with E-state index >= 15 is 0 Å². The highest BCUT2D eigenvalue weighted by Crippen LogP contribution is 2.43. The van der Waals surface area contributed by atoms with E-state index in [-0.39, 0.29) is 11.4 Å². The highest BCUT2D eigenvalue weighted by molar-refractivity contribution is 6.31. The standard InChI is InChI=1S/C21H21ClN2O3/c1-12-7-8-14(10-15(12)22)24-17(13-6-5-9-23-11-13)16(18(25)20(24)27)19(26)21(2,3)4/h5-11,17,25H,1-4H3. The van der Waals surface area contributed by atoms with Crippen LogP contribution in [0.3, 0.4) is 0 Å². The zero-order valence-corrected chi connectivity index (χ0v) is 16.4. The summed E-state index contributed by atoms with van der Waals surface area (Å²) in [4.78, 5) is 31.5. The predicted octanol–water partition coefficient (Wildman–Crippen LogP) is 4.56. The van der Waals surface area contributed by atoms with Crippen LogP contribution < -0.4 is 4.90 Å². The molecular weight excluding hydrogens is 364 g/mol. The first-order valence-electron chi connectivity index (χ1n) is 8.60. The number of aryl methyl sites for hydroxylation is 1. The molecule has 0 fully saturated rings. The molecule has 1 N–H and O–H groups in total. The Labute approximate surface area is 163 Å². The van der Waals surface area contributed by atoms with E-state index in [1.54, 1.807) is 63.5 Å². The number of aliphatic hydroxyl groups excluding tert-OH is 1. The smallest absolute Gasteiger partial charge is 0.294 e. The molecule has 2 heterocycles. The van der Waals surface area contributed by atoms with Gasteiger partial charge in [0.05, 0.1) is 11.6 Å². The van der Waals surface area contributed by atoms with Crippen molar-refractivity contribution in [1.29, 1.82) is 0 Å². The summed E-state index contributed by atoms with van der Waals surface area (Å²) >= 11 is 6.25. The molecule has 6 heteroatoms. The van der Waals surface area contributed by atoms with Crippen molar-refractivity contribution in [3.05, 3.63) is 70.2 Å². The fraction of sp³-hybridized carbons (Fsp3) is 0.286. The number of rotatable bonds is 3. The van der Waals surface area contributed by atoms with Crippen molar-refractivity contribution < 1.29 is 14.7 Å². The Balaban J connectivity index is 2.21. The minimum Gasteiger partial charge on any atom is -0.503 e. The Kier molecular flexibility index (Phi) is 4.82. The second-order valence-electron chi connectivity index (χ2n) is 7.64. The van der Waals surface area contributed by atoms with E-state index in [4.69, 9.17) is 11.6 Å². The van der Waals surface area contributed by atoms with Gasteiger partial charge in [-0.3, -0.25) is 19.5 Å². The number of nitrogens with zero attached hydrogens (tertiary/aromatic N) is 2. The molecule has 140 valence electrons. The number of pyridine rings is 1. The van der Waals surface area contributed by atoms with Crippen LogP contribution >= 0.6 is 11.6 Å². The summed E-state index contributed by atoms with van der Waals surface area (Å²) < 4.78 is 0. The van der Waals surface area contributed by atoms with Crippen molar-refractivity contribution in [3.63, 3.8) is 0 Å². The summed E-state index contributed by atoms with van der Waals surface area (Å²) in [6, 6.07) is 7.95. The van der Waals surface area contributed by atoms with Crippen molar-refractivity contribution in [1.82, 2.24) is 4.98 Å².